The molecule has 35 heavy (non-hydrogen) atoms. The Labute approximate surface area is 213 Å². The van der Waals surface area contributed by atoms with Crippen LogP contribution in [0.5, 0.6) is 0 Å². The van der Waals surface area contributed by atoms with Crippen LogP contribution in [0.4, 0.5) is 25.8 Å². The summed E-state index contributed by atoms with van der Waals surface area (Å²) in [7, 11) is 5.46. The molecule has 10 heteroatoms. The molecule has 4 rings (SSSR count). The zero-order chi connectivity index (χ0) is 25.1. The number of halogens is 2. The first-order valence-corrected chi connectivity index (χ1v) is 12.5. The largest absolute Gasteiger partial charge is 0.378 e. The van der Waals surface area contributed by atoms with Crippen molar-refractivity contribution in [2.75, 3.05) is 49.3 Å². The van der Waals surface area contributed by atoms with Crippen molar-refractivity contribution < 1.29 is 13.6 Å². The minimum absolute atomic E-state index is 0.0108. The highest BCUT2D eigenvalue weighted by molar-refractivity contribution is 7.80. The zero-order valence-electron chi connectivity index (χ0n) is 19.8. The van der Waals surface area contributed by atoms with E-state index in [0.29, 0.717) is 5.11 Å². The van der Waals surface area contributed by atoms with Gasteiger partial charge in [-0.25, -0.2) is 13.8 Å². The van der Waals surface area contributed by atoms with Crippen molar-refractivity contribution in [3.8, 4) is 0 Å². The molecule has 1 amide bonds. The molecule has 1 aromatic heterocycles. The quantitative estimate of drug-likeness (QED) is 0.463. The van der Waals surface area contributed by atoms with E-state index in [0.717, 1.165) is 59.3 Å². The van der Waals surface area contributed by atoms with Crippen LogP contribution in [-0.2, 0) is 0 Å². The zero-order valence-corrected chi connectivity index (χ0v) is 21.4. The third-order valence-electron chi connectivity index (χ3n) is 6.08. The summed E-state index contributed by atoms with van der Waals surface area (Å²) >= 11 is 7.05. The van der Waals surface area contributed by atoms with Crippen molar-refractivity contribution in [1.82, 2.24) is 9.88 Å². The molecule has 1 aliphatic heterocycles. The fourth-order valence-electron chi connectivity index (χ4n) is 3.98. The number of hydrogen-bond acceptors (Lipinski definition) is 5. The number of nitrogens with one attached hydrogen (secondary N) is 1. The van der Waals surface area contributed by atoms with Crippen LogP contribution >= 0.6 is 23.6 Å². The number of benzene rings is 2. The molecule has 1 N–H and O–H groups in total. The second kappa shape index (κ2) is 10.7. The maximum Gasteiger partial charge on any atom is 0.277 e. The van der Waals surface area contributed by atoms with Gasteiger partial charge in [-0.15, -0.1) is 11.3 Å². The van der Waals surface area contributed by atoms with Gasteiger partial charge in [0.05, 0.1) is 10.7 Å². The number of carbonyl (C=O) groups is 1. The number of aromatic nitrogens is 1. The van der Waals surface area contributed by atoms with E-state index in [1.807, 2.05) is 43.3 Å². The Kier molecular flexibility index (Phi) is 7.61. The molecule has 6 nitrogen and oxygen atoms in total. The molecule has 0 bridgehead atoms. The molecule has 0 radical (unpaired) electrons. The van der Waals surface area contributed by atoms with Crippen molar-refractivity contribution in [3.05, 3.63) is 70.2 Å². The molecule has 1 saturated heterocycles. The molecule has 0 spiro atoms. The maximum atomic E-state index is 14.1. The van der Waals surface area contributed by atoms with Gasteiger partial charge >= 0.3 is 0 Å². The van der Waals surface area contributed by atoms with Crippen molar-refractivity contribution >= 4 is 51.6 Å². The van der Waals surface area contributed by atoms with Gasteiger partial charge in [0.15, 0.2) is 5.11 Å². The van der Waals surface area contributed by atoms with Crippen molar-refractivity contribution in [1.29, 1.82) is 0 Å². The van der Waals surface area contributed by atoms with Gasteiger partial charge in [0, 0.05) is 63.0 Å². The summed E-state index contributed by atoms with van der Waals surface area (Å²) < 4.78 is 27.3. The number of rotatable bonds is 5. The van der Waals surface area contributed by atoms with E-state index in [9.17, 15) is 13.6 Å². The highest BCUT2D eigenvalue weighted by Crippen LogP contribution is 2.31. The van der Waals surface area contributed by atoms with E-state index >= 15 is 0 Å². The lowest BCUT2D eigenvalue weighted by atomic mass is 9.98. The summed E-state index contributed by atoms with van der Waals surface area (Å²) in [6.07, 6.45) is 1.73. The Balaban J connectivity index is 1.33. The van der Waals surface area contributed by atoms with E-state index in [1.54, 1.807) is 5.38 Å². The summed E-state index contributed by atoms with van der Waals surface area (Å²) in [6, 6.07) is 11.2. The summed E-state index contributed by atoms with van der Waals surface area (Å²) in [6.45, 7) is 1.58. The first-order valence-electron chi connectivity index (χ1n) is 11.2. The average molecular weight is 516 g/mol. The number of nitrogens with zero attached hydrogens (tertiary/aromatic N) is 4. The molecule has 1 aliphatic rings. The molecule has 0 saturated carbocycles. The van der Waals surface area contributed by atoms with Gasteiger partial charge in [0.1, 0.15) is 17.3 Å². The minimum Gasteiger partial charge on any atom is -0.378 e. The number of anilines is 3. The summed E-state index contributed by atoms with van der Waals surface area (Å²) in [4.78, 5) is 22.7. The van der Waals surface area contributed by atoms with Gasteiger partial charge < -0.3 is 20.0 Å². The van der Waals surface area contributed by atoms with E-state index in [4.69, 9.17) is 12.2 Å². The van der Waals surface area contributed by atoms with E-state index in [1.165, 1.54) is 24.5 Å². The molecule has 0 atom stereocenters. The van der Waals surface area contributed by atoms with Crippen LogP contribution in [0, 0.1) is 11.6 Å². The molecule has 2 aromatic carbocycles. The highest BCUT2D eigenvalue weighted by atomic mass is 32.1. The lowest BCUT2D eigenvalue weighted by Crippen LogP contribution is -2.40. The van der Waals surface area contributed by atoms with Crippen LogP contribution in [-0.4, -0.2) is 55.1 Å². The smallest absolute Gasteiger partial charge is 0.277 e. The van der Waals surface area contributed by atoms with Gasteiger partial charge in [0.2, 0.25) is 0 Å². The predicted molar refractivity (Wildman–Crippen MR) is 142 cm³/mol. The molecule has 2 heterocycles. The average Bonchev–Trinajstić information content (AvgIpc) is 3.34. The van der Waals surface area contributed by atoms with Crippen LogP contribution in [0.1, 0.15) is 34.3 Å². The normalized spacial score (nSPS) is 14.0. The van der Waals surface area contributed by atoms with E-state index in [2.05, 4.69) is 15.2 Å². The molecule has 0 unspecified atom stereocenters. The van der Waals surface area contributed by atoms with Gasteiger partial charge in [-0.1, -0.05) is 0 Å². The number of piperidine rings is 1. The van der Waals surface area contributed by atoms with Gasteiger partial charge in [-0.3, -0.25) is 4.79 Å². The summed E-state index contributed by atoms with van der Waals surface area (Å²) in [5.41, 5.74) is 2.35. The van der Waals surface area contributed by atoms with E-state index < -0.39 is 17.5 Å². The SMILES string of the molecule is CN(C)c1ccc(NC(=S)N2CCC(c3nc(C(=O)N(C)c4ccc(F)cc4F)cs3)CC2)cc1. The Bertz CT molecular complexity index is 1210. The van der Waals surface area contributed by atoms with E-state index in [-0.39, 0.29) is 17.3 Å². The van der Waals surface area contributed by atoms with Gasteiger partial charge in [-0.05, 0) is 61.5 Å². The molecule has 3 aromatic rings. The number of amides is 1. The third kappa shape index (κ3) is 5.76. The molecular weight excluding hydrogens is 488 g/mol. The number of likely N-dealkylation sites (tertiary alicyclic amines) is 1. The second-order valence-corrected chi connectivity index (χ2v) is 9.94. The number of hydrogen-bond donors (Lipinski definition) is 1. The van der Waals surface area contributed by atoms with Crippen molar-refractivity contribution in [2.45, 2.75) is 18.8 Å². The minimum atomic E-state index is -0.790. The van der Waals surface area contributed by atoms with Crippen LogP contribution in [0.25, 0.3) is 0 Å². The fraction of sp³-hybridized carbons (Fsp3) is 0.320. The first kappa shape index (κ1) is 25.0. The first-order chi connectivity index (χ1) is 16.7. The maximum absolute atomic E-state index is 14.1. The Hall–Kier alpha value is -3.11. The molecular formula is C25H27F2N5OS2. The number of carbonyl (C=O) groups excluding carboxylic acids is 1. The highest BCUT2D eigenvalue weighted by Gasteiger charge is 2.26. The number of thiazole rings is 1. The van der Waals surface area contributed by atoms with Crippen molar-refractivity contribution in [2.24, 2.45) is 0 Å². The Morgan fingerprint density at radius 2 is 1.80 bits per heavy atom. The van der Waals surface area contributed by atoms with Gasteiger partial charge in [-0.2, -0.15) is 0 Å². The topological polar surface area (TPSA) is 51.7 Å². The molecule has 184 valence electrons. The van der Waals surface area contributed by atoms with Crippen LogP contribution < -0.4 is 15.1 Å². The van der Waals surface area contributed by atoms with Gasteiger partial charge in [0.25, 0.3) is 5.91 Å². The fourth-order valence-corrected chi connectivity index (χ4v) is 5.25. The monoisotopic (exact) mass is 515 g/mol. The third-order valence-corrected chi connectivity index (χ3v) is 7.45. The number of thiocarbonyl (C=S) groups is 1. The molecule has 1 fully saturated rings. The standard InChI is InChI=1S/C25H27F2N5OS2/c1-30(2)19-7-5-18(6-8-19)28-25(34)32-12-10-16(11-13-32)23-29-21(15-35-23)24(33)31(3)22-9-4-17(26)14-20(22)27/h4-9,14-16H,10-13H2,1-3H3,(H,28,34). The summed E-state index contributed by atoms with van der Waals surface area (Å²) in [5, 5.41) is 6.59. The summed E-state index contributed by atoms with van der Waals surface area (Å²) in [5.74, 6) is -1.68. The van der Waals surface area contributed by atoms with Crippen molar-refractivity contribution in [3.63, 3.8) is 0 Å². The predicted octanol–water partition coefficient (Wildman–Crippen LogP) is 5.34. The lowest BCUT2D eigenvalue weighted by molar-refractivity contribution is 0.0987. The second-order valence-electron chi connectivity index (χ2n) is 8.66. The molecule has 0 aliphatic carbocycles. The Morgan fingerprint density at radius 1 is 1.11 bits per heavy atom. The van der Waals surface area contributed by atoms with Crippen LogP contribution in [0.3, 0.4) is 0 Å². The van der Waals surface area contributed by atoms with Crippen LogP contribution in [0.2, 0.25) is 0 Å². The van der Waals surface area contributed by atoms with Crippen LogP contribution in [0.15, 0.2) is 47.8 Å². The Morgan fingerprint density at radius 3 is 2.43 bits per heavy atom. The lowest BCUT2D eigenvalue weighted by Gasteiger charge is -2.33.